The summed E-state index contributed by atoms with van der Waals surface area (Å²) in [5.41, 5.74) is 1.09. The van der Waals surface area contributed by atoms with Gasteiger partial charge in [-0.05, 0) is 29.8 Å². The van der Waals surface area contributed by atoms with Crippen molar-refractivity contribution in [1.29, 1.82) is 0 Å². The zero-order valence-electron chi connectivity index (χ0n) is 11.1. The van der Waals surface area contributed by atoms with Crippen LogP contribution in [-0.2, 0) is 0 Å². The minimum absolute atomic E-state index is 0.0244. The van der Waals surface area contributed by atoms with E-state index in [1.807, 2.05) is 0 Å². The van der Waals surface area contributed by atoms with Crippen molar-refractivity contribution in [1.82, 2.24) is 0 Å². The molecule has 108 valence electrons. The maximum atomic E-state index is 10.5. The summed E-state index contributed by atoms with van der Waals surface area (Å²) in [6.45, 7) is 0.103. The molecule has 0 fully saturated rings. The van der Waals surface area contributed by atoms with Gasteiger partial charge in [0.05, 0.1) is 17.6 Å². The van der Waals surface area contributed by atoms with E-state index in [4.69, 9.17) is 0 Å². The highest BCUT2D eigenvalue weighted by atomic mass is 16.6. The molecule has 21 heavy (non-hydrogen) atoms. The Balaban J connectivity index is 2.00. The molecular formula is C15H14N2O4. The number of nitro benzene ring substituents is 1. The van der Waals surface area contributed by atoms with Crippen LogP contribution in [0.25, 0.3) is 0 Å². The van der Waals surface area contributed by atoms with Gasteiger partial charge in [-0.2, -0.15) is 0 Å². The molecular weight excluding hydrogens is 272 g/mol. The van der Waals surface area contributed by atoms with Crippen molar-refractivity contribution in [2.75, 3.05) is 6.54 Å². The third kappa shape index (κ3) is 3.87. The van der Waals surface area contributed by atoms with Gasteiger partial charge in [0, 0.05) is 23.9 Å². The van der Waals surface area contributed by atoms with Crippen molar-refractivity contribution in [3.05, 3.63) is 69.8 Å². The number of benzene rings is 2. The largest absolute Gasteiger partial charge is 0.507 e. The average Bonchev–Trinajstić information content (AvgIpc) is 2.49. The number of phenols is 1. The van der Waals surface area contributed by atoms with E-state index in [1.54, 1.807) is 24.3 Å². The van der Waals surface area contributed by atoms with Crippen molar-refractivity contribution in [2.45, 2.75) is 6.10 Å². The number of hydrogen-bond acceptors (Lipinski definition) is 5. The molecule has 0 aliphatic heterocycles. The Morgan fingerprint density at radius 1 is 1.19 bits per heavy atom. The minimum atomic E-state index is -0.854. The van der Waals surface area contributed by atoms with E-state index in [1.165, 1.54) is 30.5 Å². The molecule has 1 atom stereocenters. The highest BCUT2D eigenvalue weighted by Gasteiger charge is 2.09. The lowest BCUT2D eigenvalue weighted by atomic mass is 10.1. The summed E-state index contributed by atoms with van der Waals surface area (Å²) < 4.78 is 0. The molecule has 0 aliphatic rings. The number of aliphatic imine (C=N–C) groups is 1. The summed E-state index contributed by atoms with van der Waals surface area (Å²) in [5, 5.41) is 30.0. The van der Waals surface area contributed by atoms with E-state index in [2.05, 4.69) is 4.99 Å². The highest BCUT2D eigenvalue weighted by molar-refractivity contribution is 5.83. The van der Waals surface area contributed by atoms with Crippen LogP contribution < -0.4 is 0 Å². The first-order chi connectivity index (χ1) is 10.1. The Morgan fingerprint density at radius 3 is 2.48 bits per heavy atom. The molecule has 2 N–H and O–H groups in total. The molecule has 0 aliphatic carbocycles. The van der Waals surface area contributed by atoms with Gasteiger partial charge in [0.15, 0.2) is 0 Å². The molecule has 0 amide bonds. The summed E-state index contributed by atoms with van der Waals surface area (Å²) in [4.78, 5) is 14.1. The second-order valence-corrected chi connectivity index (χ2v) is 4.42. The Bertz CT molecular complexity index is 653. The van der Waals surface area contributed by atoms with Crippen molar-refractivity contribution < 1.29 is 15.1 Å². The number of aromatic hydroxyl groups is 1. The first kappa shape index (κ1) is 14.7. The molecule has 6 nitrogen and oxygen atoms in total. The molecule has 0 spiro atoms. The van der Waals surface area contributed by atoms with Gasteiger partial charge >= 0.3 is 0 Å². The maximum Gasteiger partial charge on any atom is 0.269 e. The van der Waals surface area contributed by atoms with Crippen molar-refractivity contribution in [3.63, 3.8) is 0 Å². The van der Waals surface area contributed by atoms with Crippen LogP contribution in [0, 0.1) is 10.1 Å². The smallest absolute Gasteiger partial charge is 0.269 e. The number of para-hydroxylation sites is 1. The quantitative estimate of drug-likeness (QED) is 0.501. The highest BCUT2D eigenvalue weighted by Crippen LogP contribution is 2.18. The van der Waals surface area contributed by atoms with Crippen LogP contribution in [0.15, 0.2) is 53.5 Å². The minimum Gasteiger partial charge on any atom is -0.507 e. The third-order valence-corrected chi connectivity index (χ3v) is 2.93. The van der Waals surface area contributed by atoms with Gasteiger partial charge in [-0.3, -0.25) is 15.1 Å². The SMILES string of the molecule is O=[N+]([O-])c1ccc([C@H](O)CN=Cc2ccccc2O)cc1. The molecule has 0 radical (unpaired) electrons. The molecule has 0 saturated heterocycles. The van der Waals surface area contributed by atoms with E-state index < -0.39 is 11.0 Å². The number of nitro groups is 1. The van der Waals surface area contributed by atoms with Crippen LogP contribution in [0.1, 0.15) is 17.2 Å². The van der Waals surface area contributed by atoms with Gasteiger partial charge in [0.2, 0.25) is 0 Å². The van der Waals surface area contributed by atoms with Crippen LogP contribution in [0.2, 0.25) is 0 Å². The monoisotopic (exact) mass is 286 g/mol. The maximum absolute atomic E-state index is 10.5. The van der Waals surface area contributed by atoms with E-state index in [-0.39, 0.29) is 18.0 Å². The van der Waals surface area contributed by atoms with Crippen LogP contribution >= 0.6 is 0 Å². The first-order valence-electron chi connectivity index (χ1n) is 6.28. The number of hydrogen-bond donors (Lipinski definition) is 2. The molecule has 0 saturated carbocycles. The lowest BCUT2D eigenvalue weighted by molar-refractivity contribution is -0.384. The van der Waals surface area contributed by atoms with Crippen LogP contribution in [-0.4, -0.2) is 27.9 Å². The van der Waals surface area contributed by atoms with E-state index in [0.717, 1.165) is 0 Å². The zero-order chi connectivity index (χ0) is 15.2. The molecule has 0 aromatic heterocycles. The average molecular weight is 286 g/mol. The summed E-state index contributed by atoms with van der Waals surface area (Å²) >= 11 is 0. The molecule has 2 rings (SSSR count). The lowest BCUT2D eigenvalue weighted by Gasteiger charge is -2.07. The second-order valence-electron chi connectivity index (χ2n) is 4.42. The Hall–Kier alpha value is -2.73. The Kier molecular flexibility index (Phi) is 4.63. The van der Waals surface area contributed by atoms with Crippen molar-refractivity contribution in [3.8, 4) is 5.75 Å². The van der Waals surface area contributed by atoms with E-state index in [9.17, 15) is 20.3 Å². The first-order valence-corrected chi connectivity index (χ1v) is 6.28. The third-order valence-electron chi connectivity index (χ3n) is 2.93. The molecule has 6 heteroatoms. The van der Waals surface area contributed by atoms with E-state index >= 15 is 0 Å². The van der Waals surface area contributed by atoms with Gasteiger partial charge in [-0.15, -0.1) is 0 Å². The molecule has 0 unspecified atom stereocenters. The van der Waals surface area contributed by atoms with Gasteiger partial charge in [0.1, 0.15) is 5.75 Å². The summed E-state index contributed by atoms with van der Waals surface area (Å²) in [5.74, 6) is 0.117. The van der Waals surface area contributed by atoms with Crippen LogP contribution in [0.3, 0.4) is 0 Å². The predicted octanol–water partition coefficient (Wildman–Crippen LogP) is 2.45. The molecule has 0 bridgehead atoms. The fraction of sp³-hybridized carbons (Fsp3) is 0.133. The predicted molar refractivity (Wildman–Crippen MR) is 78.6 cm³/mol. The number of aliphatic hydroxyl groups is 1. The number of aliphatic hydroxyl groups excluding tert-OH is 1. The number of non-ortho nitro benzene ring substituents is 1. The summed E-state index contributed by atoms with van der Waals surface area (Å²) in [6.07, 6.45) is 0.622. The summed E-state index contributed by atoms with van der Waals surface area (Å²) in [6, 6.07) is 12.4. The second kappa shape index (κ2) is 6.62. The van der Waals surface area contributed by atoms with Crippen molar-refractivity contribution in [2.24, 2.45) is 4.99 Å². The van der Waals surface area contributed by atoms with Gasteiger partial charge in [0.25, 0.3) is 5.69 Å². The topological polar surface area (TPSA) is 96.0 Å². The molecule has 2 aromatic rings. The van der Waals surface area contributed by atoms with Gasteiger partial charge in [-0.25, -0.2) is 0 Å². The normalized spacial score (nSPS) is 12.4. The van der Waals surface area contributed by atoms with E-state index in [0.29, 0.717) is 11.1 Å². The summed E-state index contributed by atoms with van der Waals surface area (Å²) in [7, 11) is 0. The van der Waals surface area contributed by atoms with Gasteiger partial charge < -0.3 is 10.2 Å². The molecule has 0 heterocycles. The standard InChI is InChI=1S/C15H14N2O4/c18-14-4-2-1-3-12(14)9-16-10-15(19)11-5-7-13(8-6-11)17(20)21/h1-9,15,18-19H,10H2/t15-/m1/s1. The number of rotatable bonds is 5. The fourth-order valence-corrected chi connectivity index (χ4v) is 1.77. The van der Waals surface area contributed by atoms with Crippen molar-refractivity contribution >= 4 is 11.9 Å². The van der Waals surface area contributed by atoms with Crippen LogP contribution in [0.5, 0.6) is 5.75 Å². The van der Waals surface area contributed by atoms with Crippen LogP contribution in [0.4, 0.5) is 5.69 Å². The number of phenolic OH excluding ortho intramolecular Hbond substituents is 1. The fourth-order valence-electron chi connectivity index (χ4n) is 1.77. The van der Waals surface area contributed by atoms with Gasteiger partial charge in [-0.1, -0.05) is 12.1 Å². The zero-order valence-corrected chi connectivity index (χ0v) is 11.1. The molecule has 2 aromatic carbocycles. The number of nitrogens with zero attached hydrogens (tertiary/aromatic N) is 2. The Morgan fingerprint density at radius 2 is 1.86 bits per heavy atom. The Labute approximate surface area is 121 Å². The lowest BCUT2D eigenvalue weighted by Crippen LogP contribution is -2.02.